The second-order valence-electron chi connectivity index (χ2n) is 5.46. The van der Waals surface area contributed by atoms with Crippen LogP contribution in [-0.2, 0) is 11.2 Å². The van der Waals surface area contributed by atoms with Gasteiger partial charge in [-0.05, 0) is 34.9 Å². The molecule has 0 saturated carbocycles. The molecule has 3 rings (SSSR count). The molecule has 0 radical (unpaired) electrons. The Balaban J connectivity index is 1.82. The Hall–Kier alpha value is -3.01. The van der Waals surface area contributed by atoms with E-state index in [0.29, 0.717) is 5.56 Å². The largest absolute Gasteiger partial charge is 0.345 e. The average molecular weight is 320 g/mol. The van der Waals surface area contributed by atoms with E-state index >= 15 is 0 Å². The van der Waals surface area contributed by atoms with Gasteiger partial charge in [-0.2, -0.15) is 0 Å². The summed E-state index contributed by atoms with van der Waals surface area (Å²) >= 11 is 0. The number of aromatic nitrogens is 1. The molecule has 1 unspecified atom stereocenters. The SMILES string of the molecule is O=C(Cc1ccccc1F)NC(c1ccccc1)c1ccncc1. The molecule has 0 spiro atoms. The minimum atomic E-state index is -0.368. The quantitative estimate of drug-likeness (QED) is 0.779. The molecule has 1 aromatic heterocycles. The highest BCUT2D eigenvalue weighted by molar-refractivity contribution is 5.79. The van der Waals surface area contributed by atoms with E-state index in [9.17, 15) is 9.18 Å². The Morgan fingerprint density at radius 3 is 2.25 bits per heavy atom. The second-order valence-corrected chi connectivity index (χ2v) is 5.46. The van der Waals surface area contributed by atoms with Gasteiger partial charge in [0.15, 0.2) is 0 Å². The molecular weight excluding hydrogens is 303 g/mol. The number of amides is 1. The average Bonchev–Trinajstić information content (AvgIpc) is 2.63. The molecule has 0 saturated heterocycles. The summed E-state index contributed by atoms with van der Waals surface area (Å²) in [6, 6.07) is 19.4. The van der Waals surface area contributed by atoms with Gasteiger partial charge in [-0.15, -0.1) is 0 Å². The van der Waals surface area contributed by atoms with E-state index in [2.05, 4.69) is 10.3 Å². The number of halogens is 1. The Morgan fingerprint density at radius 1 is 0.917 bits per heavy atom. The maximum Gasteiger partial charge on any atom is 0.225 e. The third-order valence-electron chi connectivity index (χ3n) is 3.79. The predicted octanol–water partition coefficient (Wildman–Crippen LogP) is 3.67. The van der Waals surface area contributed by atoms with Crippen molar-refractivity contribution in [2.24, 2.45) is 0 Å². The van der Waals surface area contributed by atoms with Gasteiger partial charge in [0, 0.05) is 12.4 Å². The van der Waals surface area contributed by atoms with Crippen molar-refractivity contribution in [3.8, 4) is 0 Å². The number of benzene rings is 2. The molecule has 24 heavy (non-hydrogen) atoms. The van der Waals surface area contributed by atoms with Crippen molar-refractivity contribution in [3.05, 3.63) is 102 Å². The summed E-state index contributed by atoms with van der Waals surface area (Å²) in [5.74, 6) is -0.599. The van der Waals surface area contributed by atoms with Crippen molar-refractivity contribution in [1.29, 1.82) is 0 Å². The van der Waals surface area contributed by atoms with Crippen LogP contribution < -0.4 is 5.32 Å². The van der Waals surface area contributed by atoms with Crippen LogP contribution in [0.1, 0.15) is 22.7 Å². The molecule has 120 valence electrons. The zero-order valence-electron chi connectivity index (χ0n) is 13.0. The van der Waals surface area contributed by atoms with Gasteiger partial charge in [-0.25, -0.2) is 4.39 Å². The molecule has 1 amide bonds. The lowest BCUT2D eigenvalue weighted by molar-refractivity contribution is -0.121. The summed E-state index contributed by atoms with van der Waals surface area (Å²) in [5.41, 5.74) is 2.28. The van der Waals surface area contributed by atoms with Crippen LogP contribution in [0.25, 0.3) is 0 Å². The molecule has 1 N–H and O–H groups in total. The molecule has 4 heteroatoms. The fourth-order valence-electron chi connectivity index (χ4n) is 2.59. The van der Waals surface area contributed by atoms with E-state index in [1.807, 2.05) is 42.5 Å². The third-order valence-corrected chi connectivity index (χ3v) is 3.79. The highest BCUT2D eigenvalue weighted by atomic mass is 19.1. The normalized spacial score (nSPS) is 11.7. The lowest BCUT2D eigenvalue weighted by Gasteiger charge is -2.20. The summed E-state index contributed by atoms with van der Waals surface area (Å²) in [7, 11) is 0. The van der Waals surface area contributed by atoms with Crippen LogP contribution in [0.4, 0.5) is 4.39 Å². The topological polar surface area (TPSA) is 42.0 Å². The van der Waals surface area contributed by atoms with Gasteiger partial charge in [-0.3, -0.25) is 9.78 Å². The van der Waals surface area contributed by atoms with Crippen molar-refractivity contribution in [1.82, 2.24) is 10.3 Å². The molecular formula is C20H17FN2O. The van der Waals surface area contributed by atoms with Gasteiger partial charge >= 0.3 is 0 Å². The standard InChI is InChI=1S/C20H17FN2O/c21-18-9-5-4-8-17(18)14-19(24)23-20(15-6-2-1-3-7-15)16-10-12-22-13-11-16/h1-13,20H,14H2,(H,23,24). The summed E-state index contributed by atoms with van der Waals surface area (Å²) in [6.07, 6.45) is 3.38. The third kappa shape index (κ3) is 3.84. The Labute approximate surface area is 140 Å². The lowest BCUT2D eigenvalue weighted by Crippen LogP contribution is -2.30. The Kier molecular flexibility index (Phi) is 4.96. The van der Waals surface area contributed by atoms with E-state index < -0.39 is 0 Å². The number of hydrogen-bond donors (Lipinski definition) is 1. The molecule has 0 aliphatic heterocycles. The maximum absolute atomic E-state index is 13.7. The zero-order chi connectivity index (χ0) is 16.8. The molecule has 3 aromatic rings. The van der Waals surface area contributed by atoms with Crippen molar-refractivity contribution in [2.75, 3.05) is 0 Å². The minimum Gasteiger partial charge on any atom is -0.345 e. The van der Waals surface area contributed by atoms with Gasteiger partial charge < -0.3 is 5.32 Å². The Morgan fingerprint density at radius 2 is 1.54 bits per heavy atom. The van der Waals surface area contributed by atoms with Crippen LogP contribution in [0, 0.1) is 5.82 Å². The fraction of sp³-hybridized carbons (Fsp3) is 0.100. The summed E-state index contributed by atoms with van der Waals surface area (Å²) < 4.78 is 13.7. The fourth-order valence-corrected chi connectivity index (χ4v) is 2.59. The van der Waals surface area contributed by atoms with Crippen LogP contribution in [0.5, 0.6) is 0 Å². The van der Waals surface area contributed by atoms with Crippen LogP contribution in [0.3, 0.4) is 0 Å². The Bertz CT molecular complexity index is 767. The highest BCUT2D eigenvalue weighted by Crippen LogP contribution is 2.21. The molecule has 3 nitrogen and oxygen atoms in total. The molecule has 2 aromatic carbocycles. The smallest absolute Gasteiger partial charge is 0.225 e. The molecule has 0 aliphatic carbocycles. The summed E-state index contributed by atoms with van der Waals surface area (Å²) in [6.45, 7) is 0. The molecule has 1 atom stereocenters. The summed E-state index contributed by atoms with van der Waals surface area (Å²) in [4.78, 5) is 16.4. The number of carbonyl (C=O) groups is 1. The van der Waals surface area contributed by atoms with E-state index in [1.165, 1.54) is 6.07 Å². The molecule has 0 fully saturated rings. The number of pyridine rings is 1. The van der Waals surface area contributed by atoms with Gasteiger partial charge in [-0.1, -0.05) is 48.5 Å². The predicted molar refractivity (Wildman–Crippen MR) is 90.8 cm³/mol. The zero-order valence-corrected chi connectivity index (χ0v) is 13.0. The monoisotopic (exact) mass is 320 g/mol. The van der Waals surface area contributed by atoms with Gasteiger partial charge in [0.25, 0.3) is 0 Å². The van der Waals surface area contributed by atoms with Crippen molar-refractivity contribution in [3.63, 3.8) is 0 Å². The van der Waals surface area contributed by atoms with Crippen LogP contribution in [0.2, 0.25) is 0 Å². The second kappa shape index (κ2) is 7.51. The van der Waals surface area contributed by atoms with E-state index in [0.717, 1.165) is 11.1 Å². The molecule has 1 heterocycles. The van der Waals surface area contributed by atoms with E-state index in [-0.39, 0.29) is 24.2 Å². The van der Waals surface area contributed by atoms with E-state index in [1.54, 1.807) is 30.6 Å². The van der Waals surface area contributed by atoms with Crippen LogP contribution in [-0.4, -0.2) is 10.9 Å². The number of carbonyl (C=O) groups excluding carboxylic acids is 1. The first-order chi connectivity index (χ1) is 11.7. The van der Waals surface area contributed by atoms with Gasteiger partial charge in [0.1, 0.15) is 5.82 Å². The maximum atomic E-state index is 13.7. The van der Waals surface area contributed by atoms with Crippen molar-refractivity contribution in [2.45, 2.75) is 12.5 Å². The van der Waals surface area contributed by atoms with Gasteiger partial charge in [0.05, 0.1) is 12.5 Å². The first-order valence-electron chi connectivity index (χ1n) is 7.71. The minimum absolute atomic E-state index is 0.00108. The number of nitrogens with zero attached hydrogens (tertiary/aromatic N) is 1. The number of hydrogen-bond acceptors (Lipinski definition) is 2. The first-order valence-corrected chi connectivity index (χ1v) is 7.71. The van der Waals surface area contributed by atoms with Crippen LogP contribution >= 0.6 is 0 Å². The molecule has 0 bridgehead atoms. The highest BCUT2D eigenvalue weighted by Gasteiger charge is 2.17. The van der Waals surface area contributed by atoms with Crippen LogP contribution in [0.15, 0.2) is 79.1 Å². The number of rotatable bonds is 5. The number of nitrogens with one attached hydrogen (secondary N) is 1. The van der Waals surface area contributed by atoms with Crippen molar-refractivity contribution < 1.29 is 9.18 Å². The molecule has 0 aliphatic rings. The first kappa shape index (κ1) is 15.9. The summed E-state index contributed by atoms with van der Waals surface area (Å²) in [5, 5.41) is 2.99. The lowest BCUT2D eigenvalue weighted by atomic mass is 9.99. The van der Waals surface area contributed by atoms with Crippen molar-refractivity contribution >= 4 is 5.91 Å². The van der Waals surface area contributed by atoms with E-state index in [4.69, 9.17) is 0 Å². The van der Waals surface area contributed by atoms with Gasteiger partial charge in [0.2, 0.25) is 5.91 Å².